The van der Waals surface area contributed by atoms with E-state index in [-0.39, 0.29) is 6.54 Å². The lowest BCUT2D eigenvalue weighted by atomic mass is 10.3. The first-order valence-corrected chi connectivity index (χ1v) is 6.55. The molecule has 1 rings (SSSR count). The molecule has 0 aliphatic carbocycles. The molecule has 92 valence electrons. The van der Waals surface area contributed by atoms with E-state index in [1.165, 1.54) is 6.92 Å². The van der Waals surface area contributed by atoms with E-state index in [2.05, 4.69) is 10.3 Å². The van der Waals surface area contributed by atoms with Crippen molar-refractivity contribution < 1.29 is 21.6 Å². The molecule has 0 aliphatic rings. The highest BCUT2D eigenvalue weighted by Gasteiger charge is 2.39. The van der Waals surface area contributed by atoms with Crippen LogP contribution >= 0.6 is 10.7 Å². The fourth-order valence-electron chi connectivity index (χ4n) is 1.14. The van der Waals surface area contributed by atoms with E-state index in [9.17, 15) is 21.6 Å². The predicted octanol–water partition coefficient (Wildman–Crippen LogP) is 1.39. The molecule has 0 radical (unpaired) electrons. The number of hydrogen-bond donors (Lipinski definition) is 0. The molecule has 0 spiro atoms. The standard InChI is InChI=1S/C6H7ClF3N3O2S/c1-2-13-5(6(8,9)10)4(11-12-13)3-16(7,14)15/h2-3H2,1H3. The Morgan fingerprint density at radius 1 is 1.44 bits per heavy atom. The summed E-state index contributed by atoms with van der Waals surface area (Å²) in [6.07, 6.45) is -4.71. The van der Waals surface area contributed by atoms with Gasteiger partial charge in [0.25, 0.3) is 0 Å². The fraction of sp³-hybridized carbons (Fsp3) is 0.667. The minimum absolute atomic E-state index is 0.0653. The second-order valence-electron chi connectivity index (χ2n) is 2.88. The summed E-state index contributed by atoms with van der Waals surface area (Å²) in [5.74, 6) is -0.997. The normalized spacial score (nSPS) is 13.1. The molecule has 0 saturated carbocycles. The lowest BCUT2D eigenvalue weighted by Crippen LogP contribution is -2.16. The van der Waals surface area contributed by atoms with Crippen molar-refractivity contribution in [3.63, 3.8) is 0 Å². The predicted molar refractivity (Wildman–Crippen MR) is 49.2 cm³/mol. The Hall–Kier alpha value is -0.830. The van der Waals surface area contributed by atoms with Crippen LogP contribution in [0.2, 0.25) is 0 Å². The van der Waals surface area contributed by atoms with E-state index >= 15 is 0 Å². The van der Waals surface area contributed by atoms with Gasteiger partial charge in [0, 0.05) is 17.2 Å². The highest BCUT2D eigenvalue weighted by atomic mass is 35.7. The van der Waals surface area contributed by atoms with E-state index in [4.69, 9.17) is 10.7 Å². The van der Waals surface area contributed by atoms with Crippen molar-refractivity contribution in [1.29, 1.82) is 0 Å². The second-order valence-corrected chi connectivity index (χ2v) is 5.66. The topological polar surface area (TPSA) is 64.8 Å². The second kappa shape index (κ2) is 4.21. The molecule has 1 heterocycles. The summed E-state index contributed by atoms with van der Waals surface area (Å²) in [7, 11) is 0.772. The molecule has 0 aromatic carbocycles. The van der Waals surface area contributed by atoms with E-state index in [1.807, 2.05) is 0 Å². The lowest BCUT2D eigenvalue weighted by Gasteiger charge is -2.08. The molecule has 16 heavy (non-hydrogen) atoms. The van der Waals surface area contributed by atoms with Crippen molar-refractivity contribution in [3.8, 4) is 0 Å². The molecule has 1 aromatic rings. The highest BCUT2D eigenvalue weighted by molar-refractivity contribution is 8.13. The van der Waals surface area contributed by atoms with E-state index < -0.39 is 32.4 Å². The zero-order valence-electron chi connectivity index (χ0n) is 7.99. The van der Waals surface area contributed by atoms with Gasteiger partial charge in [-0.1, -0.05) is 5.21 Å². The fourth-order valence-corrected chi connectivity index (χ4v) is 1.97. The highest BCUT2D eigenvalue weighted by Crippen LogP contribution is 2.32. The number of nitrogens with zero attached hydrogens (tertiary/aromatic N) is 3. The largest absolute Gasteiger partial charge is 0.434 e. The summed E-state index contributed by atoms with van der Waals surface area (Å²) >= 11 is 0. The minimum atomic E-state index is -4.71. The van der Waals surface area contributed by atoms with E-state index in [0.717, 1.165) is 0 Å². The average molecular weight is 278 g/mol. The minimum Gasteiger partial charge on any atom is -0.240 e. The van der Waals surface area contributed by atoms with Crippen LogP contribution in [0.15, 0.2) is 0 Å². The smallest absolute Gasteiger partial charge is 0.240 e. The van der Waals surface area contributed by atoms with Crippen LogP contribution in [0.4, 0.5) is 13.2 Å². The Bertz CT molecular complexity index is 482. The summed E-state index contributed by atoms with van der Waals surface area (Å²) in [5, 5.41) is 6.38. The van der Waals surface area contributed by atoms with Gasteiger partial charge in [0.05, 0.1) is 0 Å². The first-order chi connectivity index (χ1) is 7.15. The van der Waals surface area contributed by atoms with Crippen LogP contribution in [0.5, 0.6) is 0 Å². The van der Waals surface area contributed by atoms with Crippen molar-refractivity contribution in [1.82, 2.24) is 15.0 Å². The van der Waals surface area contributed by atoms with Crippen LogP contribution in [0.3, 0.4) is 0 Å². The van der Waals surface area contributed by atoms with Gasteiger partial charge < -0.3 is 0 Å². The van der Waals surface area contributed by atoms with Gasteiger partial charge >= 0.3 is 6.18 Å². The number of alkyl halides is 3. The Balaban J connectivity index is 3.26. The molecule has 0 amide bonds. The van der Waals surface area contributed by atoms with Crippen LogP contribution in [0.1, 0.15) is 18.3 Å². The van der Waals surface area contributed by atoms with Crippen molar-refractivity contribution in [2.75, 3.05) is 0 Å². The van der Waals surface area contributed by atoms with Crippen LogP contribution in [0, 0.1) is 0 Å². The molecule has 0 fully saturated rings. The van der Waals surface area contributed by atoms with Gasteiger partial charge in [-0.15, -0.1) is 5.10 Å². The molecule has 10 heteroatoms. The lowest BCUT2D eigenvalue weighted by molar-refractivity contribution is -0.144. The number of aromatic nitrogens is 3. The summed E-state index contributed by atoms with van der Waals surface area (Å²) in [6, 6.07) is 0. The van der Waals surface area contributed by atoms with Crippen LogP contribution < -0.4 is 0 Å². The molecule has 5 nitrogen and oxygen atoms in total. The van der Waals surface area contributed by atoms with E-state index in [0.29, 0.717) is 4.68 Å². The third-order valence-corrected chi connectivity index (χ3v) is 2.63. The third-order valence-electron chi connectivity index (χ3n) is 1.68. The summed E-state index contributed by atoms with van der Waals surface area (Å²) < 4.78 is 59.7. The van der Waals surface area contributed by atoms with E-state index in [1.54, 1.807) is 0 Å². The van der Waals surface area contributed by atoms with Crippen molar-refractivity contribution in [2.24, 2.45) is 0 Å². The number of rotatable bonds is 3. The van der Waals surface area contributed by atoms with Gasteiger partial charge in [-0.05, 0) is 6.92 Å². The van der Waals surface area contributed by atoms with Crippen molar-refractivity contribution in [3.05, 3.63) is 11.4 Å². The number of hydrogen-bond acceptors (Lipinski definition) is 4. The monoisotopic (exact) mass is 277 g/mol. The summed E-state index contributed by atoms with van der Waals surface area (Å²) in [5.41, 5.74) is -1.87. The van der Waals surface area contributed by atoms with Gasteiger partial charge in [0.15, 0.2) is 5.69 Å². The first-order valence-electron chi connectivity index (χ1n) is 4.07. The van der Waals surface area contributed by atoms with Gasteiger partial charge in [-0.3, -0.25) is 0 Å². The van der Waals surface area contributed by atoms with Crippen molar-refractivity contribution in [2.45, 2.75) is 25.4 Å². The maximum atomic E-state index is 12.6. The average Bonchev–Trinajstić information content (AvgIpc) is 2.43. The van der Waals surface area contributed by atoms with Crippen LogP contribution in [-0.4, -0.2) is 23.4 Å². The molecule has 0 unspecified atom stereocenters. The molecule has 0 N–H and O–H groups in total. The maximum Gasteiger partial charge on any atom is 0.434 e. The Kier molecular flexibility index (Phi) is 3.48. The Morgan fingerprint density at radius 2 is 2.00 bits per heavy atom. The molecule has 0 atom stereocenters. The summed E-state index contributed by atoms with van der Waals surface area (Å²) in [6.45, 7) is 1.37. The van der Waals surface area contributed by atoms with Gasteiger partial charge in [0.2, 0.25) is 9.05 Å². The SMILES string of the molecule is CCn1nnc(CS(=O)(=O)Cl)c1C(F)(F)F. The number of halogens is 4. The molecule has 0 saturated heterocycles. The summed E-state index contributed by atoms with van der Waals surface area (Å²) in [4.78, 5) is 0. The maximum absolute atomic E-state index is 12.6. The molecule has 1 aromatic heterocycles. The zero-order valence-corrected chi connectivity index (χ0v) is 9.56. The van der Waals surface area contributed by atoms with Crippen molar-refractivity contribution >= 4 is 19.7 Å². The van der Waals surface area contributed by atoms with Crippen LogP contribution in [0.25, 0.3) is 0 Å². The zero-order chi connectivity index (χ0) is 12.6. The Labute approximate surface area is 93.6 Å². The molecular weight excluding hydrogens is 271 g/mol. The molecule has 0 bridgehead atoms. The van der Waals surface area contributed by atoms with Crippen LogP contribution in [-0.2, 0) is 27.5 Å². The van der Waals surface area contributed by atoms with Gasteiger partial charge in [-0.2, -0.15) is 13.2 Å². The van der Waals surface area contributed by atoms with Gasteiger partial charge in [-0.25, -0.2) is 13.1 Å². The first kappa shape index (κ1) is 13.2. The van der Waals surface area contributed by atoms with Gasteiger partial charge in [0.1, 0.15) is 11.4 Å². The Morgan fingerprint density at radius 3 is 2.38 bits per heavy atom. The number of aryl methyl sites for hydroxylation is 1. The molecular formula is C6H7ClF3N3O2S. The quantitative estimate of drug-likeness (QED) is 0.783. The molecule has 0 aliphatic heterocycles. The third kappa shape index (κ3) is 3.08.